The molecule has 0 saturated carbocycles. The maximum absolute atomic E-state index is 12.8. The number of aryl methyl sites for hydroxylation is 1. The van der Waals surface area contributed by atoms with Crippen LogP contribution in [0.2, 0.25) is 0 Å². The first kappa shape index (κ1) is 23.1. The fourth-order valence-corrected chi connectivity index (χ4v) is 4.03. The van der Waals surface area contributed by atoms with Gasteiger partial charge < -0.3 is 14.5 Å². The summed E-state index contributed by atoms with van der Waals surface area (Å²) in [7, 11) is 1.62. The zero-order chi connectivity index (χ0) is 22.2. The number of amides is 2. The minimum absolute atomic E-state index is 0.0819. The van der Waals surface area contributed by atoms with Gasteiger partial charge in [-0.3, -0.25) is 9.59 Å². The first-order valence-corrected chi connectivity index (χ1v) is 11.1. The van der Waals surface area contributed by atoms with E-state index in [4.69, 9.17) is 4.74 Å². The Morgan fingerprint density at radius 3 is 2.26 bits per heavy atom. The Bertz CT molecular complexity index is 875. The lowest BCUT2D eigenvalue weighted by Crippen LogP contribution is -2.37. The van der Waals surface area contributed by atoms with Crippen molar-refractivity contribution in [2.45, 2.75) is 29.9 Å². The van der Waals surface area contributed by atoms with Crippen molar-refractivity contribution >= 4 is 23.6 Å². The summed E-state index contributed by atoms with van der Waals surface area (Å²) in [5, 5.41) is 0. The van der Waals surface area contributed by atoms with E-state index in [1.165, 1.54) is 12.1 Å². The number of carbonyl (C=O) groups excluding carboxylic acids is 2. The second-order valence-electron chi connectivity index (χ2n) is 7.28. The predicted molar refractivity (Wildman–Crippen MR) is 117 cm³/mol. The van der Waals surface area contributed by atoms with E-state index in [0.717, 1.165) is 11.3 Å². The van der Waals surface area contributed by atoms with E-state index in [1.54, 1.807) is 24.1 Å². The maximum Gasteiger partial charge on any atom is 0.288 e. The van der Waals surface area contributed by atoms with E-state index >= 15 is 0 Å². The summed E-state index contributed by atoms with van der Waals surface area (Å²) in [5.41, 5.74) is 1.55. The van der Waals surface area contributed by atoms with Gasteiger partial charge in [0.2, 0.25) is 5.91 Å². The number of ether oxygens (including phenoxy) is 1. The molecular formula is C23H26F2N2O3S. The van der Waals surface area contributed by atoms with E-state index in [9.17, 15) is 18.4 Å². The van der Waals surface area contributed by atoms with Crippen molar-refractivity contribution in [2.24, 2.45) is 0 Å². The van der Waals surface area contributed by atoms with Crippen LogP contribution in [0.4, 0.5) is 8.78 Å². The maximum atomic E-state index is 12.8. The summed E-state index contributed by atoms with van der Waals surface area (Å²) in [4.78, 5) is 29.4. The quantitative estimate of drug-likeness (QED) is 0.592. The Kier molecular flexibility index (Phi) is 8.28. The summed E-state index contributed by atoms with van der Waals surface area (Å²) in [5.74, 6) is -1.75. The molecule has 0 aromatic heterocycles. The van der Waals surface area contributed by atoms with Crippen molar-refractivity contribution < 1.29 is 23.1 Å². The van der Waals surface area contributed by atoms with Crippen LogP contribution in [0.3, 0.4) is 0 Å². The Morgan fingerprint density at radius 1 is 0.968 bits per heavy atom. The minimum atomic E-state index is -2.49. The summed E-state index contributed by atoms with van der Waals surface area (Å²) in [6.07, 6.45) is 1.79. The lowest BCUT2D eigenvalue weighted by molar-refractivity contribution is -0.131. The van der Waals surface area contributed by atoms with Gasteiger partial charge in [0.15, 0.2) is 0 Å². The number of rotatable bonds is 7. The molecule has 0 spiro atoms. The molecule has 1 fully saturated rings. The van der Waals surface area contributed by atoms with Crippen LogP contribution in [0, 0.1) is 0 Å². The van der Waals surface area contributed by atoms with E-state index in [-0.39, 0.29) is 11.8 Å². The highest BCUT2D eigenvalue weighted by atomic mass is 32.2. The SMILES string of the molecule is COc1ccc(CCC(=O)N2CCCN(C(=O)c3ccc(SC(F)F)cc3)CC2)cc1. The number of hydrogen-bond donors (Lipinski definition) is 0. The van der Waals surface area contributed by atoms with Crippen molar-refractivity contribution in [3.05, 3.63) is 59.7 Å². The Balaban J connectivity index is 1.50. The number of halogens is 2. The Labute approximate surface area is 185 Å². The molecule has 0 radical (unpaired) electrons. The number of nitrogens with zero attached hydrogens (tertiary/aromatic N) is 2. The molecule has 1 saturated heterocycles. The molecule has 0 unspecified atom stereocenters. The molecule has 2 aromatic rings. The standard InChI is InChI=1S/C23H26F2N2O3S/c1-30-19-8-3-17(4-9-19)5-12-21(28)26-13-2-14-27(16-15-26)22(29)18-6-10-20(11-7-18)31-23(24)25/h3-4,6-11,23H,2,5,12-16H2,1H3. The number of carbonyl (C=O) groups is 2. The summed E-state index contributed by atoms with van der Waals surface area (Å²) < 4.78 is 30.0. The molecule has 0 bridgehead atoms. The van der Waals surface area contributed by atoms with Crippen LogP contribution in [0.5, 0.6) is 5.75 Å². The average molecular weight is 449 g/mol. The highest BCUT2D eigenvalue weighted by Crippen LogP contribution is 2.25. The van der Waals surface area contributed by atoms with Crippen molar-refractivity contribution in [3.8, 4) is 5.75 Å². The van der Waals surface area contributed by atoms with E-state index in [1.807, 2.05) is 29.2 Å². The van der Waals surface area contributed by atoms with Gasteiger partial charge in [-0.15, -0.1) is 0 Å². The molecule has 0 atom stereocenters. The molecule has 2 amide bonds. The third-order valence-electron chi connectivity index (χ3n) is 5.25. The smallest absolute Gasteiger partial charge is 0.288 e. The highest BCUT2D eigenvalue weighted by molar-refractivity contribution is 7.99. The third-order valence-corrected chi connectivity index (χ3v) is 5.97. The molecule has 31 heavy (non-hydrogen) atoms. The fourth-order valence-electron chi connectivity index (χ4n) is 3.53. The summed E-state index contributed by atoms with van der Waals surface area (Å²) in [6.45, 7) is 2.14. The molecule has 166 valence electrons. The molecule has 1 aliphatic heterocycles. The molecule has 8 heteroatoms. The van der Waals surface area contributed by atoms with Crippen LogP contribution in [0.1, 0.15) is 28.8 Å². The molecule has 2 aromatic carbocycles. The molecule has 5 nitrogen and oxygen atoms in total. The van der Waals surface area contributed by atoms with Gasteiger partial charge in [-0.2, -0.15) is 8.78 Å². The fraction of sp³-hybridized carbons (Fsp3) is 0.391. The van der Waals surface area contributed by atoms with Gasteiger partial charge in [0.05, 0.1) is 7.11 Å². The van der Waals surface area contributed by atoms with Gasteiger partial charge in [-0.25, -0.2) is 0 Å². The van der Waals surface area contributed by atoms with Gasteiger partial charge in [0.25, 0.3) is 11.7 Å². The largest absolute Gasteiger partial charge is 0.497 e. The molecular weight excluding hydrogens is 422 g/mol. The zero-order valence-electron chi connectivity index (χ0n) is 17.4. The number of hydrogen-bond acceptors (Lipinski definition) is 4. The van der Waals surface area contributed by atoms with E-state index in [0.29, 0.717) is 67.7 Å². The van der Waals surface area contributed by atoms with Crippen molar-refractivity contribution in [1.29, 1.82) is 0 Å². The van der Waals surface area contributed by atoms with Crippen molar-refractivity contribution in [2.75, 3.05) is 33.3 Å². The normalized spacial score (nSPS) is 14.5. The molecule has 0 N–H and O–H groups in total. The lowest BCUT2D eigenvalue weighted by atomic mass is 10.1. The minimum Gasteiger partial charge on any atom is -0.497 e. The molecule has 1 heterocycles. The van der Waals surface area contributed by atoms with Crippen LogP contribution in [-0.2, 0) is 11.2 Å². The first-order chi connectivity index (χ1) is 15.0. The molecule has 0 aliphatic carbocycles. The number of methoxy groups -OCH3 is 1. The van der Waals surface area contributed by atoms with Crippen LogP contribution < -0.4 is 4.74 Å². The zero-order valence-corrected chi connectivity index (χ0v) is 18.2. The lowest BCUT2D eigenvalue weighted by Gasteiger charge is -2.22. The Morgan fingerprint density at radius 2 is 1.61 bits per heavy atom. The number of alkyl halides is 2. The van der Waals surface area contributed by atoms with Gasteiger partial charge in [0, 0.05) is 43.1 Å². The van der Waals surface area contributed by atoms with Crippen molar-refractivity contribution in [1.82, 2.24) is 9.80 Å². The van der Waals surface area contributed by atoms with E-state index < -0.39 is 5.76 Å². The molecule has 1 aliphatic rings. The van der Waals surface area contributed by atoms with Crippen LogP contribution in [-0.4, -0.2) is 60.7 Å². The second kappa shape index (κ2) is 11.1. The Hall–Kier alpha value is -2.61. The topological polar surface area (TPSA) is 49.9 Å². The van der Waals surface area contributed by atoms with Gasteiger partial charge >= 0.3 is 0 Å². The predicted octanol–water partition coefficient (Wildman–Crippen LogP) is 4.32. The number of thioether (sulfide) groups is 1. The first-order valence-electron chi connectivity index (χ1n) is 10.2. The monoisotopic (exact) mass is 448 g/mol. The van der Waals surface area contributed by atoms with Crippen molar-refractivity contribution in [3.63, 3.8) is 0 Å². The van der Waals surface area contributed by atoms with E-state index in [2.05, 4.69) is 0 Å². The third kappa shape index (κ3) is 6.69. The highest BCUT2D eigenvalue weighted by Gasteiger charge is 2.23. The second-order valence-corrected chi connectivity index (χ2v) is 8.34. The number of benzene rings is 2. The molecule has 3 rings (SSSR count). The van der Waals surface area contributed by atoms with Gasteiger partial charge in [0.1, 0.15) is 5.75 Å². The average Bonchev–Trinajstić information content (AvgIpc) is 3.04. The van der Waals surface area contributed by atoms with Crippen LogP contribution in [0.15, 0.2) is 53.4 Å². The summed E-state index contributed by atoms with van der Waals surface area (Å²) in [6, 6.07) is 13.9. The van der Waals surface area contributed by atoms with Crippen LogP contribution >= 0.6 is 11.8 Å². The van der Waals surface area contributed by atoms with Gasteiger partial charge in [-0.1, -0.05) is 23.9 Å². The summed E-state index contributed by atoms with van der Waals surface area (Å²) >= 11 is 0.457. The van der Waals surface area contributed by atoms with Gasteiger partial charge in [-0.05, 0) is 54.8 Å². The van der Waals surface area contributed by atoms with Crippen LogP contribution in [0.25, 0.3) is 0 Å².